The fraction of sp³-hybridized carbons (Fsp3) is 0.412. The topological polar surface area (TPSA) is 67.9 Å². The molecule has 1 unspecified atom stereocenters. The third-order valence-corrected chi connectivity index (χ3v) is 4.07. The van der Waals surface area contributed by atoms with Crippen molar-refractivity contribution in [2.75, 3.05) is 26.9 Å². The number of carbonyl (C=O) groups excluding carboxylic acids is 2. The van der Waals surface area contributed by atoms with Gasteiger partial charge in [0.05, 0.1) is 18.2 Å². The Morgan fingerprint density at radius 3 is 2.75 bits per heavy atom. The quantitative estimate of drug-likeness (QED) is 0.631. The minimum atomic E-state index is -0.603. The largest absolute Gasteiger partial charge is 0.460 e. The van der Waals surface area contributed by atoms with Crippen molar-refractivity contribution in [2.45, 2.75) is 19.9 Å². The van der Waals surface area contributed by atoms with Crippen molar-refractivity contribution < 1.29 is 19.1 Å². The van der Waals surface area contributed by atoms with E-state index in [1.807, 2.05) is 13.0 Å². The van der Waals surface area contributed by atoms with E-state index in [9.17, 15) is 9.59 Å². The number of benzene rings is 1. The lowest BCUT2D eigenvalue weighted by Crippen LogP contribution is -2.47. The maximum Gasteiger partial charge on any atom is 0.338 e. The number of carbonyl (C=O) groups is 2. The Morgan fingerprint density at radius 1 is 1.38 bits per heavy atom. The summed E-state index contributed by atoms with van der Waals surface area (Å²) in [6.07, 6.45) is 0. The predicted octanol–water partition coefficient (Wildman–Crippen LogP) is 2.89. The number of nitrogens with one attached hydrogen (secondary N) is 1. The second-order valence-electron chi connectivity index (χ2n) is 5.31. The Kier molecular flexibility index (Phi) is 6.23. The Bertz CT molecular complexity index is 660. The molecule has 0 fully saturated rings. The molecular weight excluding hydrogens is 332 g/mol. The predicted molar refractivity (Wildman–Crippen MR) is 90.6 cm³/mol. The molecule has 130 valence electrons. The molecule has 0 aliphatic carbocycles. The van der Waals surface area contributed by atoms with Gasteiger partial charge in [-0.3, -0.25) is 4.90 Å². The molecule has 1 aromatic carbocycles. The number of hydrogen-bond acceptors (Lipinski definition) is 4. The van der Waals surface area contributed by atoms with Crippen molar-refractivity contribution in [3.63, 3.8) is 0 Å². The van der Waals surface area contributed by atoms with Crippen LogP contribution in [0.15, 0.2) is 35.5 Å². The summed E-state index contributed by atoms with van der Waals surface area (Å²) in [5, 5.41) is 3.38. The molecule has 0 aromatic heterocycles. The molecule has 1 aromatic rings. The van der Waals surface area contributed by atoms with Gasteiger partial charge in [0, 0.05) is 24.4 Å². The molecular formula is C17H21ClN2O4. The van der Waals surface area contributed by atoms with Crippen LogP contribution in [0.3, 0.4) is 0 Å². The first kappa shape index (κ1) is 18.3. The fourth-order valence-corrected chi connectivity index (χ4v) is 2.86. The van der Waals surface area contributed by atoms with Crippen LogP contribution in [0.5, 0.6) is 0 Å². The third kappa shape index (κ3) is 3.88. The summed E-state index contributed by atoms with van der Waals surface area (Å²) in [6.45, 7) is 4.50. The van der Waals surface area contributed by atoms with E-state index < -0.39 is 12.0 Å². The zero-order chi connectivity index (χ0) is 17.7. The molecule has 1 N–H and O–H groups in total. The van der Waals surface area contributed by atoms with Crippen molar-refractivity contribution in [3.8, 4) is 0 Å². The molecule has 0 saturated carbocycles. The Balaban J connectivity index is 2.41. The highest BCUT2D eigenvalue weighted by atomic mass is 35.5. The van der Waals surface area contributed by atoms with Gasteiger partial charge >= 0.3 is 12.0 Å². The Morgan fingerprint density at radius 2 is 2.12 bits per heavy atom. The Labute approximate surface area is 146 Å². The van der Waals surface area contributed by atoms with Crippen LogP contribution < -0.4 is 5.32 Å². The maximum absolute atomic E-state index is 12.6. The molecule has 0 saturated heterocycles. The molecule has 1 aliphatic rings. The van der Waals surface area contributed by atoms with Crippen LogP contribution in [0.4, 0.5) is 4.79 Å². The average molecular weight is 353 g/mol. The number of methoxy groups -OCH3 is 1. The zero-order valence-electron chi connectivity index (χ0n) is 14.0. The van der Waals surface area contributed by atoms with Gasteiger partial charge in [-0.1, -0.05) is 23.7 Å². The van der Waals surface area contributed by atoms with E-state index in [-0.39, 0.29) is 12.6 Å². The van der Waals surface area contributed by atoms with E-state index in [0.29, 0.717) is 29.4 Å². The van der Waals surface area contributed by atoms with Gasteiger partial charge in [0.15, 0.2) is 0 Å². The maximum atomic E-state index is 12.6. The molecule has 0 spiro atoms. The van der Waals surface area contributed by atoms with Crippen LogP contribution >= 0.6 is 11.6 Å². The minimum Gasteiger partial charge on any atom is -0.460 e. The summed E-state index contributed by atoms with van der Waals surface area (Å²) in [4.78, 5) is 26.4. The standard InChI is InChI=1S/C17H21ClN2O4/c1-4-20-11(2)14(16(21)24-9-8-23-3)15(19-17(20)22)12-6-5-7-13(18)10-12/h5-7,10,15H,4,8-9H2,1-3H3,(H,19,22). The van der Waals surface area contributed by atoms with Crippen molar-refractivity contribution in [1.82, 2.24) is 10.2 Å². The van der Waals surface area contributed by atoms with Crippen LogP contribution in [0.25, 0.3) is 0 Å². The van der Waals surface area contributed by atoms with Gasteiger partial charge in [-0.2, -0.15) is 0 Å². The third-order valence-electron chi connectivity index (χ3n) is 3.84. The van der Waals surface area contributed by atoms with Gasteiger partial charge in [-0.15, -0.1) is 0 Å². The minimum absolute atomic E-state index is 0.147. The van der Waals surface area contributed by atoms with Gasteiger partial charge in [0.25, 0.3) is 0 Å². The zero-order valence-corrected chi connectivity index (χ0v) is 14.7. The normalized spacial score (nSPS) is 17.8. The van der Waals surface area contributed by atoms with Crippen molar-refractivity contribution in [1.29, 1.82) is 0 Å². The highest BCUT2D eigenvalue weighted by molar-refractivity contribution is 6.30. The number of ether oxygens (including phenoxy) is 2. The van der Waals surface area contributed by atoms with E-state index in [1.165, 1.54) is 12.0 Å². The van der Waals surface area contributed by atoms with Gasteiger partial charge in [0.1, 0.15) is 6.61 Å². The number of amides is 2. The lowest BCUT2D eigenvalue weighted by Gasteiger charge is -2.34. The fourth-order valence-electron chi connectivity index (χ4n) is 2.66. The van der Waals surface area contributed by atoms with Crippen LogP contribution in [0, 0.1) is 0 Å². The molecule has 1 atom stereocenters. The van der Waals surface area contributed by atoms with E-state index in [1.54, 1.807) is 25.1 Å². The molecule has 1 heterocycles. The van der Waals surface area contributed by atoms with Gasteiger partial charge in [0.2, 0.25) is 0 Å². The van der Waals surface area contributed by atoms with Gasteiger partial charge < -0.3 is 14.8 Å². The van der Waals surface area contributed by atoms with Crippen LogP contribution in [-0.4, -0.2) is 43.8 Å². The number of rotatable bonds is 6. The molecule has 24 heavy (non-hydrogen) atoms. The second kappa shape index (κ2) is 8.17. The van der Waals surface area contributed by atoms with Crippen molar-refractivity contribution in [2.24, 2.45) is 0 Å². The monoisotopic (exact) mass is 352 g/mol. The summed E-state index contributed by atoms with van der Waals surface area (Å²) >= 11 is 6.05. The number of halogens is 1. The smallest absolute Gasteiger partial charge is 0.338 e. The Hall–Kier alpha value is -2.05. The average Bonchev–Trinajstić information content (AvgIpc) is 2.54. The summed E-state index contributed by atoms with van der Waals surface area (Å²) in [7, 11) is 1.53. The number of esters is 1. The number of nitrogens with zero attached hydrogens (tertiary/aromatic N) is 1. The van der Waals surface area contributed by atoms with Gasteiger partial charge in [-0.25, -0.2) is 9.59 Å². The molecule has 2 amide bonds. The molecule has 0 bridgehead atoms. The molecule has 6 nitrogen and oxygen atoms in total. The van der Waals surface area contributed by atoms with Crippen LogP contribution in [0.1, 0.15) is 25.5 Å². The van der Waals surface area contributed by atoms with E-state index in [0.717, 1.165) is 5.56 Å². The van der Waals surface area contributed by atoms with Crippen LogP contribution in [0.2, 0.25) is 5.02 Å². The molecule has 7 heteroatoms. The SMILES string of the molecule is CCN1C(=O)NC(c2cccc(Cl)c2)C(C(=O)OCCOC)=C1C. The lowest BCUT2D eigenvalue weighted by atomic mass is 9.95. The highest BCUT2D eigenvalue weighted by Crippen LogP contribution is 2.32. The first-order valence-corrected chi connectivity index (χ1v) is 8.07. The van der Waals surface area contributed by atoms with Crippen LogP contribution in [-0.2, 0) is 14.3 Å². The van der Waals surface area contributed by atoms with Gasteiger partial charge in [-0.05, 0) is 31.5 Å². The molecule has 1 aliphatic heterocycles. The first-order chi connectivity index (χ1) is 11.5. The summed E-state index contributed by atoms with van der Waals surface area (Å²) in [6, 6.07) is 6.20. The molecule has 0 radical (unpaired) electrons. The lowest BCUT2D eigenvalue weighted by molar-refractivity contribution is -0.140. The van der Waals surface area contributed by atoms with E-state index >= 15 is 0 Å². The summed E-state index contributed by atoms with van der Waals surface area (Å²) < 4.78 is 10.2. The summed E-state index contributed by atoms with van der Waals surface area (Å²) in [5.41, 5.74) is 1.70. The molecule has 2 rings (SSSR count). The van der Waals surface area contributed by atoms with E-state index in [4.69, 9.17) is 21.1 Å². The van der Waals surface area contributed by atoms with E-state index in [2.05, 4.69) is 5.32 Å². The number of urea groups is 1. The highest BCUT2D eigenvalue weighted by Gasteiger charge is 2.35. The first-order valence-electron chi connectivity index (χ1n) is 7.69. The number of allylic oxidation sites excluding steroid dienone is 1. The number of hydrogen-bond donors (Lipinski definition) is 1. The van der Waals surface area contributed by atoms with Crippen molar-refractivity contribution >= 4 is 23.6 Å². The second-order valence-corrected chi connectivity index (χ2v) is 5.75. The summed E-state index contributed by atoms with van der Waals surface area (Å²) in [5.74, 6) is -0.479. The van der Waals surface area contributed by atoms with Crippen molar-refractivity contribution in [3.05, 3.63) is 46.1 Å².